The van der Waals surface area contributed by atoms with Crippen LogP contribution in [-0.4, -0.2) is 5.91 Å². The summed E-state index contributed by atoms with van der Waals surface area (Å²) in [7, 11) is 0. The molecule has 0 aromatic carbocycles. The van der Waals surface area contributed by atoms with E-state index in [-0.39, 0.29) is 5.91 Å². The van der Waals surface area contributed by atoms with Crippen LogP contribution in [0.15, 0.2) is 12.2 Å². The first kappa shape index (κ1) is 23.2. The Morgan fingerprint density at radius 2 is 1.00 bits per heavy atom. The Kier molecular flexibility index (Phi) is 19.6. The Balaban J connectivity index is 3.02. The molecular weight excluding hydrogens is 294 g/mol. The summed E-state index contributed by atoms with van der Waals surface area (Å²) in [5.41, 5.74) is 5.08. The predicted octanol–water partition coefficient (Wildman–Crippen LogP) is 7.07. The predicted molar refractivity (Wildman–Crippen MR) is 107 cm³/mol. The van der Waals surface area contributed by atoms with E-state index in [0.717, 1.165) is 6.42 Å². The molecule has 1 amide bonds. The Bertz CT molecular complexity index is 286. The molecule has 24 heavy (non-hydrogen) atoms. The number of nitrogens with two attached hydrogens (primary N) is 1. The first-order valence-electron chi connectivity index (χ1n) is 10.7. The van der Waals surface area contributed by atoms with Gasteiger partial charge in [0.1, 0.15) is 0 Å². The van der Waals surface area contributed by atoms with E-state index < -0.39 is 0 Å². The Morgan fingerprint density at radius 1 is 0.625 bits per heavy atom. The maximum Gasteiger partial charge on any atom is 0.221 e. The minimum atomic E-state index is -0.238. The van der Waals surface area contributed by atoms with Gasteiger partial charge in [-0.3, -0.25) is 4.79 Å². The lowest BCUT2D eigenvalue weighted by Crippen LogP contribution is -2.07. The molecular formula is C22H43NO. The van der Waals surface area contributed by atoms with Crippen molar-refractivity contribution in [2.75, 3.05) is 0 Å². The molecule has 0 saturated carbocycles. The van der Waals surface area contributed by atoms with Gasteiger partial charge in [0.15, 0.2) is 0 Å². The van der Waals surface area contributed by atoms with Crippen LogP contribution < -0.4 is 5.73 Å². The second kappa shape index (κ2) is 20.3. The summed E-state index contributed by atoms with van der Waals surface area (Å²) in [5, 5.41) is 0. The number of hydrogen-bond acceptors (Lipinski definition) is 1. The van der Waals surface area contributed by atoms with Gasteiger partial charge in [-0.15, -0.1) is 0 Å². The van der Waals surface area contributed by atoms with Gasteiger partial charge in [-0.1, -0.05) is 115 Å². The van der Waals surface area contributed by atoms with E-state index in [2.05, 4.69) is 13.0 Å². The average molecular weight is 338 g/mol. The molecule has 2 heteroatoms. The van der Waals surface area contributed by atoms with Crippen molar-refractivity contribution >= 4 is 5.91 Å². The van der Waals surface area contributed by atoms with Gasteiger partial charge in [-0.2, -0.15) is 0 Å². The molecule has 0 aromatic heterocycles. The number of hydrogen-bond donors (Lipinski definition) is 1. The standard InChI is InChI=1S/C22H43NO/c1-2-3-4-5-6-7-8-9-10-11-12-13-14-15-16-17-18-19-20-21-22(23)24/h19-20H,2-18,21H2,1H3,(H2,23,24). The van der Waals surface area contributed by atoms with Crippen LogP contribution in [-0.2, 0) is 4.79 Å². The van der Waals surface area contributed by atoms with Gasteiger partial charge in [0.2, 0.25) is 5.91 Å². The minimum absolute atomic E-state index is 0.238. The molecule has 0 aliphatic rings. The molecule has 0 aromatic rings. The van der Waals surface area contributed by atoms with Crippen molar-refractivity contribution < 1.29 is 4.79 Å². The third-order valence-electron chi connectivity index (χ3n) is 4.71. The molecule has 0 saturated heterocycles. The van der Waals surface area contributed by atoms with Crippen LogP contribution in [0.5, 0.6) is 0 Å². The summed E-state index contributed by atoms with van der Waals surface area (Å²) in [6.07, 6.45) is 28.0. The number of carbonyl (C=O) groups is 1. The Labute approximate surface area is 151 Å². The second-order valence-corrected chi connectivity index (χ2v) is 7.23. The SMILES string of the molecule is CCCCCCCCCCCCCCCCCCC=CCC(N)=O. The summed E-state index contributed by atoms with van der Waals surface area (Å²) in [6.45, 7) is 2.28. The third-order valence-corrected chi connectivity index (χ3v) is 4.71. The van der Waals surface area contributed by atoms with Crippen LogP contribution in [0.1, 0.15) is 122 Å². The number of carbonyl (C=O) groups excluding carboxylic acids is 1. The molecule has 0 radical (unpaired) electrons. The zero-order chi connectivity index (χ0) is 17.7. The normalized spacial score (nSPS) is 11.4. The van der Waals surface area contributed by atoms with Crippen LogP contribution in [0.25, 0.3) is 0 Å². The molecule has 0 rings (SSSR count). The number of allylic oxidation sites excluding steroid dienone is 1. The topological polar surface area (TPSA) is 43.1 Å². The molecule has 2 N–H and O–H groups in total. The van der Waals surface area contributed by atoms with Crippen LogP contribution in [0.3, 0.4) is 0 Å². The fourth-order valence-electron chi connectivity index (χ4n) is 3.13. The van der Waals surface area contributed by atoms with E-state index in [0.29, 0.717) is 6.42 Å². The summed E-state index contributed by atoms with van der Waals surface area (Å²) in [6, 6.07) is 0. The molecule has 0 bridgehead atoms. The van der Waals surface area contributed by atoms with Crippen LogP contribution in [0.4, 0.5) is 0 Å². The zero-order valence-corrected chi connectivity index (χ0v) is 16.4. The fraction of sp³-hybridized carbons (Fsp3) is 0.864. The maximum absolute atomic E-state index is 10.6. The first-order chi connectivity index (χ1) is 11.8. The van der Waals surface area contributed by atoms with Gasteiger partial charge in [0.25, 0.3) is 0 Å². The molecule has 0 aliphatic carbocycles. The summed E-state index contributed by atoms with van der Waals surface area (Å²) in [4.78, 5) is 10.6. The van der Waals surface area contributed by atoms with E-state index >= 15 is 0 Å². The van der Waals surface area contributed by atoms with Crippen molar-refractivity contribution in [2.24, 2.45) is 5.73 Å². The maximum atomic E-state index is 10.6. The van der Waals surface area contributed by atoms with Crippen molar-refractivity contribution in [3.8, 4) is 0 Å². The second-order valence-electron chi connectivity index (χ2n) is 7.23. The van der Waals surface area contributed by atoms with Crippen molar-refractivity contribution in [2.45, 2.75) is 122 Å². The molecule has 0 unspecified atom stereocenters. The number of unbranched alkanes of at least 4 members (excludes halogenated alkanes) is 16. The van der Waals surface area contributed by atoms with Crippen molar-refractivity contribution in [1.29, 1.82) is 0 Å². The highest BCUT2D eigenvalue weighted by atomic mass is 16.1. The van der Waals surface area contributed by atoms with Gasteiger partial charge >= 0.3 is 0 Å². The zero-order valence-electron chi connectivity index (χ0n) is 16.4. The van der Waals surface area contributed by atoms with Crippen LogP contribution in [0, 0.1) is 0 Å². The molecule has 2 nitrogen and oxygen atoms in total. The fourth-order valence-corrected chi connectivity index (χ4v) is 3.13. The molecule has 142 valence electrons. The summed E-state index contributed by atoms with van der Waals surface area (Å²) < 4.78 is 0. The summed E-state index contributed by atoms with van der Waals surface area (Å²) >= 11 is 0. The first-order valence-corrected chi connectivity index (χ1v) is 10.7. The number of rotatable bonds is 19. The van der Waals surface area contributed by atoms with E-state index in [1.807, 2.05) is 6.08 Å². The molecule has 0 aliphatic heterocycles. The Morgan fingerprint density at radius 3 is 1.38 bits per heavy atom. The number of primary amides is 1. The summed E-state index contributed by atoms with van der Waals surface area (Å²) in [5.74, 6) is -0.238. The molecule has 0 fully saturated rings. The van der Waals surface area contributed by atoms with Crippen molar-refractivity contribution in [3.63, 3.8) is 0 Å². The van der Waals surface area contributed by atoms with Gasteiger partial charge in [0.05, 0.1) is 0 Å². The third kappa shape index (κ3) is 21.2. The van der Waals surface area contributed by atoms with E-state index in [4.69, 9.17) is 5.73 Å². The lowest BCUT2D eigenvalue weighted by atomic mass is 10.0. The van der Waals surface area contributed by atoms with Crippen LogP contribution in [0.2, 0.25) is 0 Å². The quantitative estimate of drug-likeness (QED) is 0.199. The number of amides is 1. The highest BCUT2D eigenvalue weighted by Crippen LogP contribution is 2.14. The van der Waals surface area contributed by atoms with Crippen LogP contribution >= 0.6 is 0 Å². The van der Waals surface area contributed by atoms with Gasteiger partial charge in [0, 0.05) is 6.42 Å². The largest absolute Gasteiger partial charge is 0.369 e. The minimum Gasteiger partial charge on any atom is -0.369 e. The lowest BCUT2D eigenvalue weighted by Gasteiger charge is -2.03. The van der Waals surface area contributed by atoms with Crippen molar-refractivity contribution in [1.82, 2.24) is 0 Å². The van der Waals surface area contributed by atoms with Gasteiger partial charge < -0.3 is 5.73 Å². The Hall–Kier alpha value is -0.790. The smallest absolute Gasteiger partial charge is 0.221 e. The highest BCUT2D eigenvalue weighted by Gasteiger charge is 1.94. The monoisotopic (exact) mass is 337 g/mol. The molecule has 0 heterocycles. The van der Waals surface area contributed by atoms with E-state index in [1.165, 1.54) is 103 Å². The van der Waals surface area contributed by atoms with Gasteiger partial charge in [-0.05, 0) is 12.8 Å². The average Bonchev–Trinajstić information content (AvgIpc) is 2.56. The molecule has 0 atom stereocenters. The lowest BCUT2D eigenvalue weighted by molar-refractivity contribution is -0.117. The van der Waals surface area contributed by atoms with E-state index in [9.17, 15) is 4.79 Å². The van der Waals surface area contributed by atoms with Gasteiger partial charge in [-0.25, -0.2) is 0 Å². The van der Waals surface area contributed by atoms with Crippen molar-refractivity contribution in [3.05, 3.63) is 12.2 Å². The molecule has 0 spiro atoms. The highest BCUT2D eigenvalue weighted by molar-refractivity contribution is 5.75. The van der Waals surface area contributed by atoms with E-state index in [1.54, 1.807) is 0 Å².